The molecule has 3 heteroatoms. The summed E-state index contributed by atoms with van der Waals surface area (Å²) in [6.07, 6.45) is 4.10. The van der Waals surface area contributed by atoms with Crippen LogP contribution in [0.3, 0.4) is 0 Å². The van der Waals surface area contributed by atoms with Crippen molar-refractivity contribution in [2.75, 3.05) is 20.2 Å². The number of nitrogens with zero attached hydrogens (tertiary/aromatic N) is 1. The van der Waals surface area contributed by atoms with Crippen LogP contribution in [0.25, 0.3) is 0 Å². The van der Waals surface area contributed by atoms with Crippen LogP contribution in [0, 0.1) is 0 Å². The van der Waals surface area contributed by atoms with E-state index in [1.807, 2.05) is 18.3 Å². The van der Waals surface area contributed by atoms with Crippen LogP contribution in [-0.4, -0.2) is 25.2 Å². The second-order valence-electron chi connectivity index (χ2n) is 4.03. The Morgan fingerprint density at radius 3 is 2.94 bits per heavy atom. The minimum atomic E-state index is 0.431. The molecule has 0 aromatic carbocycles. The Morgan fingerprint density at radius 1 is 1.44 bits per heavy atom. The van der Waals surface area contributed by atoms with Crippen molar-refractivity contribution in [3.05, 3.63) is 24.0 Å². The van der Waals surface area contributed by atoms with E-state index in [1.165, 1.54) is 6.42 Å². The number of hydrogen-bond donors (Lipinski definition) is 1. The van der Waals surface area contributed by atoms with Gasteiger partial charge in [0.25, 0.3) is 0 Å². The van der Waals surface area contributed by atoms with E-state index in [1.54, 1.807) is 7.11 Å². The minimum absolute atomic E-state index is 0.431. The maximum absolute atomic E-state index is 5.31. The number of ether oxygens (including phenoxy) is 1. The average Bonchev–Trinajstić information content (AvgIpc) is 2.34. The highest BCUT2D eigenvalue weighted by Crippen LogP contribution is 2.25. The third-order valence-electron chi connectivity index (χ3n) is 2.67. The molecular formula is C13H22N2O. The van der Waals surface area contributed by atoms with Crippen molar-refractivity contribution >= 4 is 0 Å². The molecule has 0 spiro atoms. The van der Waals surface area contributed by atoms with Crippen molar-refractivity contribution in [1.82, 2.24) is 10.3 Å². The van der Waals surface area contributed by atoms with Gasteiger partial charge in [0.2, 0.25) is 0 Å². The van der Waals surface area contributed by atoms with Gasteiger partial charge in [0.1, 0.15) is 5.75 Å². The molecular weight excluding hydrogens is 200 g/mol. The Hall–Kier alpha value is -1.09. The zero-order valence-corrected chi connectivity index (χ0v) is 10.5. The number of rotatable bonds is 7. The molecule has 16 heavy (non-hydrogen) atoms. The first kappa shape index (κ1) is 13.0. The van der Waals surface area contributed by atoms with Crippen LogP contribution >= 0.6 is 0 Å². The lowest BCUT2D eigenvalue weighted by Crippen LogP contribution is -2.18. The fraction of sp³-hybridized carbons (Fsp3) is 0.615. The molecule has 0 aliphatic heterocycles. The van der Waals surface area contributed by atoms with Crippen molar-refractivity contribution in [2.45, 2.75) is 32.6 Å². The second kappa shape index (κ2) is 7.23. The van der Waals surface area contributed by atoms with Crippen LogP contribution in [0.5, 0.6) is 5.75 Å². The number of aromatic nitrogens is 1. The van der Waals surface area contributed by atoms with Crippen LogP contribution in [0.15, 0.2) is 18.3 Å². The third-order valence-corrected chi connectivity index (χ3v) is 2.67. The van der Waals surface area contributed by atoms with Crippen LogP contribution in [0.4, 0.5) is 0 Å². The number of pyridine rings is 1. The quantitative estimate of drug-likeness (QED) is 0.720. The van der Waals surface area contributed by atoms with E-state index in [-0.39, 0.29) is 0 Å². The summed E-state index contributed by atoms with van der Waals surface area (Å²) < 4.78 is 5.31. The SMILES string of the molecule is CCCNCCC(C)c1ncccc1OC. The summed E-state index contributed by atoms with van der Waals surface area (Å²) in [7, 11) is 1.70. The van der Waals surface area contributed by atoms with Gasteiger partial charge in [-0.15, -0.1) is 0 Å². The molecule has 90 valence electrons. The van der Waals surface area contributed by atoms with Crippen LogP contribution in [-0.2, 0) is 0 Å². The molecule has 0 fully saturated rings. The monoisotopic (exact) mass is 222 g/mol. The van der Waals surface area contributed by atoms with Gasteiger partial charge in [0.15, 0.2) is 0 Å². The maximum atomic E-state index is 5.31. The van der Waals surface area contributed by atoms with E-state index in [2.05, 4.69) is 24.1 Å². The predicted molar refractivity (Wildman–Crippen MR) is 67.0 cm³/mol. The molecule has 0 bridgehead atoms. The lowest BCUT2D eigenvalue weighted by molar-refractivity contribution is 0.401. The van der Waals surface area contributed by atoms with Gasteiger partial charge in [-0.25, -0.2) is 0 Å². The molecule has 1 rings (SSSR count). The highest BCUT2D eigenvalue weighted by Gasteiger charge is 2.11. The fourth-order valence-corrected chi connectivity index (χ4v) is 1.70. The van der Waals surface area contributed by atoms with Crippen molar-refractivity contribution in [3.63, 3.8) is 0 Å². The lowest BCUT2D eigenvalue weighted by atomic mass is 10.0. The Kier molecular flexibility index (Phi) is 5.86. The van der Waals surface area contributed by atoms with Gasteiger partial charge >= 0.3 is 0 Å². The van der Waals surface area contributed by atoms with Gasteiger partial charge in [0, 0.05) is 12.1 Å². The molecule has 1 heterocycles. The normalized spacial score (nSPS) is 12.4. The first-order valence-corrected chi connectivity index (χ1v) is 5.99. The summed E-state index contributed by atoms with van der Waals surface area (Å²) in [5.74, 6) is 1.32. The zero-order chi connectivity index (χ0) is 11.8. The molecule has 0 saturated heterocycles. The molecule has 1 atom stereocenters. The molecule has 1 unspecified atom stereocenters. The molecule has 1 aromatic heterocycles. The topological polar surface area (TPSA) is 34.2 Å². The number of methoxy groups -OCH3 is 1. The predicted octanol–water partition coefficient (Wildman–Crippen LogP) is 2.58. The molecule has 0 amide bonds. The van der Waals surface area contributed by atoms with E-state index >= 15 is 0 Å². The summed E-state index contributed by atoms with van der Waals surface area (Å²) in [6, 6.07) is 3.88. The Morgan fingerprint density at radius 2 is 2.25 bits per heavy atom. The summed E-state index contributed by atoms with van der Waals surface area (Å²) in [5, 5.41) is 3.40. The smallest absolute Gasteiger partial charge is 0.140 e. The Balaban J connectivity index is 2.48. The van der Waals surface area contributed by atoms with Gasteiger partial charge in [-0.1, -0.05) is 13.8 Å². The molecule has 1 aromatic rings. The van der Waals surface area contributed by atoms with Crippen LogP contribution < -0.4 is 10.1 Å². The molecule has 0 aliphatic rings. The van der Waals surface area contributed by atoms with E-state index in [0.29, 0.717) is 5.92 Å². The first-order chi connectivity index (χ1) is 7.79. The zero-order valence-electron chi connectivity index (χ0n) is 10.5. The maximum Gasteiger partial charge on any atom is 0.140 e. The summed E-state index contributed by atoms with van der Waals surface area (Å²) >= 11 is 0. The summed E-state index contributed by atoms with van der Waals surface area (Å²) in [6.45, 7) is 6.50. The van der Waals surface area contributed by atoms with Gasteiger partial charge < -0.3 is 10.1 Å². The highest BCUT2D eigenvalue weighted by atomic mass is 16.5. The summed E-state index contributed by atoms with van der Waals surface area (Å²) in [5.41, 5.74) is 1.06. The van der Waals surface area contributed by atoms with E-state index in [9.17, 15) is 0 Å². The van der Waals surface area contributed by atoms with Crippen molar-refractivity contribution in [1.29, 1.82) is 0 Å². The van der Waals surface area contributed by atoms with Crippen molar-refractivity contribution < 1.29 is 4.74 Å². The average molecular weight is 222 g/mol. The lowest BCUT2D eigenvalue weighted by Gasteiger charge is -2.14. The summed E-state index contributed by atoms with van der Waals surface area (Å²) in [4.78, 5) is 4.40. The molecule has 0 radical (unpaired) electrons. The van der Waals surface area contributed by atoms with Crippen molar-refractivity contribution in [2.24, 2.45) is 0 Å². The van der Waals surface area contributed by atoms with Crippen LogP contribution in [0.2, 0.25) is 0 Å². The van der Waals surface area contributed by atoms with Gasteiger partial charge in [-0.05, 0) is 38.1 Å². The highest BCUT2D eigenvalue weighted by molar-refractivity contribution is 5.29. The Bertz CT molecular complexity index is 302. The van der Waals surface area contributed by atoms with Gasteiger partial charge in [0.05, 0.1) is 12.8 Å². The van der Waals surface area contributed by atoms with Crippen molar-refractivity contribution in [3.8, 4) is 5.75 Å². The molecule has 0 saturated carbocycles. The minimum Gasteiger partial charge on any atom is -0.495 e. The van der Waals surface area contributed by atoms with E-state index < -0.39 is 0 Å². The number of hydrogen-bond acceptors (Lipinski definition) is 3. The molecule has 1 N–H and O–H groups in total. The molecule has 0 aliphatic carbocycles. The van der Waals surface area contributed by atoms with Crippen LogP contribution in [0.1, 0.15) is 38.3 Å². The standard InChI is InChI=1S/C13H22N2O/c1-4-8-14-10-7-11(2)13-12(16-3)6-5-9-15-13/h5-6,9,11,14H,4,7-8,10H2,1-3H3. The van der Waals surface area contributed by atoms with E-state index in [4.69, 9.17) is 4.74 Å². The first-order valence-electron chi connectivity index (χ1n) is 5.99. The van der Waals surface area contributed by atoms with Gasteiger partial charge in [-0.2, -0.15) is 0 Å². The largest absolute Gasteiger partial charge is 0.495 e. The number of nitrogens with one attached hydrogen (secondary N) is 1. The third kappa shape index (κ3) is 3.81. The van der Waals surface area contributed by atoms with E-state index in [0.717, 1.165) is 31.0 Å². The van der Waals surface area contributed by atoms with Gasteiger partial charge in [-0.3, -0.25) is 4.98 Å². The Labute approximate surface area is 98.2 Å². The second-order valence-corrected chi connectivity index (χ2v) is 4.03. The molecule has 3 nitrogen and oxygen atoms in total. The fourth-order valence-electron chi connectivity index (χ4n) is 1.70.